The van der Waals surface area contributed by atoms with Crippen LogP contribution < -0.4 is 5.73 Å². The molecule has 0 spiro atoms. The number of aromatic amines is 1. The molecule has 0 bridgehead atoms. The van der Waals surface area contributed by atoms with E-state index in [0.717, 1.165) is 65.3 Å². The number of carbonyl (C=O) groups excluding carboxylic acids is 1. The third-order valence-electron chi connectivity index (χ3n) is 8.42. The third kappa shape index (κ3) is 5.79. The number of nitrogens with one attached hydrogen (secondary N) is 1. The number of carbonyl (C=O) groups is 1. The first kappa shape index (κ1) is 28.6. The lowest BCUT2D eigenvalue weighted by Gasteiger charge is -2.37. The Morgan fingerprint density at radius 1 is 1.07 bits per heavy atom. The molecule has 0 radical (unpaired) electrons. The van der Waals surface area contributed by atoms with E-state index in [1.54, 1.807) is 17.0 Å². The van der Waals surface area contributed by atoms with Gasteiger partial charge in [0.05, 0.1) is 11.3 Å². The summed E-state index contributed by atoms with van der Waals surface area (Å²) in [4.78, 5) is 22.4. The van der Waals surface area contributed by atoms with E-state index >= 15 is 0 Å². The number of amidine groups is 1. The third-order valence-corrected chi connectivity index (χ3v) is 8.42. The van der Waals surface area contributed by atoms with Gasteiger partial charge in [-0.3, -0.25) is 9.89 Å². The first-order valence-corrected chi connectivity index (χ1v) is 14.5. The van der Waals surface area contributed by atoms with Crippen molar-refractivity contribution in [2.75, 3.05) is 13.1 Å². The first-order valence-electron chi connectivity index (χ1n) is 14.5. The molecule has 4 N–H and O–H groups in total. The fraction of sp³-hybridized carbons (Fsp3) is 0.424. The van der Waals surface area contributed by atoms with Crippen molar-refractivity contribution >= 4 is 17.6 Å². The zero-order valence-electron chi connectivity index (χ0n) is 24.9. The highest BCUT2D eigenvalue weighted by atomic mass is 16.3. The lowest BCUT2D eigenvalue weighted by molar-refractivity contribution is 0.0748. The fourth-order valence-electron chi connectivity index (χ4n) is 5.74. The van der Waals surface area contributed by atoms with Gasteiger partial charge in [-0.2, -0.15) is 5.10 Å². The summed E-state index contributed by atoms with van der Waals surface area (Å²) in [6, 6.07) is 11.6. The molecule has 1 amide bonds. The molecule has 5 rings (SSSR count). The van der Waals surface area contributed by atoms with Crippen LogP contribution >= 0.6 is 0 Å². The Bertz CT molecular complexity index is 1490. The van der Waals surface area contributed by atoms with E-state index < -0.39 is 0 Å². The standard InChI is InChI=1S/C33H42N6O2/c1-7-28(38-14-12-33(6,34)13-15-38)35-31-29(21(4)5)30(36-37-31)23-8-9-24-18-39(19-25(24)16-23)32(41)26-17-22(20(2)3)10-11-27(26)40/h7-11,16-17,20-21,40H,1,12-15,18-19,34H2,2-6H3,(H,36,37). The number of aromatic hydroxyl groups is 1. The second-order valence-corrected chi connectivity index (χ2v) is 12.4. The van der Waals surface area contributed by atoms with Gasteiger partial charge in [0, 0.05) is 42.8 Å². The van der Waals surface area contributed by atoms with Gasteiger partial charge in [-0.15, -0.1) is 0 Å². The van der Waals surface area contributed by atoms with Gasteiger partial charge >= 0.3 is 0 Å². The summed E-state index contributed by atoms with van der Waals surface area (Å²) < 4.78 is 0. The van der Waals surface area contributed by atoms with Gasteiger partial charge in [-0.1, -0.05) is 52.5 Å². The molecule has 2 aromatic carbocycles. The molecule has 2 aliphatic heterocycles. The van der Waals surface area contributed by atoms with Crippen LogP contribution in [0, 0.1) is 0 Å². The summed E-state index contributed by atoms with van der Waals surface area (Å²) in [5.41, 5.74) is 12.8. The Kier molecular flexibility index (Phi) is 7.79. The van der Waals surface area contributed by atoms with E-state index in [1.165, 1.54) is 0 Å². The maximum absolute atomic E-state index is 13.4. The van der Waals surface area contributed by atoms with Crippen molar-refractivity contribution in [2.45, 2.75) is 77.9 Å². The van der Waals surface area contributed by atoms with E-state index in [9.17, 15) is 9.90 Å². The number of benzene rings is 2. The average molecular weight is 555 g/mol. The van der Waals surface area contributed by atoms with Gasteiger partial charge in [0.1, 0.15) is 11.6 Å². The van der Waals surface area contributed by atoms with Crippen LogP contribution in [-0.4, -0.2) is 55.5 Å². The predicted molar refractivity (Wildman–Crippen MR) is 165 cm³/mol. The zero-order chi connectivity index (χ0) is 29.5. The number of hydrogen-bond acceptors (Lipinski definition) is 5. The van der Waals surface area contributed by atoms with E-state index in [0.29, 0.717) is 24.5 Å². The zero-order valence-corrected chi connectivity index (χ0v) is 24.9. The summed E-state index contributed by atoms with van der Waals surface area (Å²) in [5, 5.41) is 18.3. The molecule has 0 saturated carbocycles. The highest BCUT2D eigenvalue weighted by molar-refractivity contribution is 5.97. The largest absolute Gasteiger partial charge is 0.507 e. The van der Waals surface area contributed by atoms with Crippen molar-refractivity contribution in [3.63, 3.8) is 0 Å². The molecule has 1 aromatic heterocycles. The Morgan fingerprint density at radius 3 is 2.44 bits per heavy atom. The van der Waals surface area contributed by atoms with Gasteiger partial charge in [-0.25, -0.2) is 4.99 Å². The van der Waals surface area contributed by atoms with Crippen LogP contribution in [0.3, 0.4) is 0 Å². The molecule has 1 fully saturated rings. The number of aromatic nitrogens is 2. The van der Waals surface area contributed by atoms with Crippen molar-refractivity contribution in [3.8, 4) is 17.0 Å². The minimum Gasteiger partial charge on any atom is -0.507 e. The van der Waals surface area contributed by atoms with Gasteiger partial charge in [0.25, 0.3) is 5.91 Å². The second-order valence-electron chi connectivity index (χ2n) is 12.4. The molecule has 3 heterocycles. The molecule has 216 valence electrons. The highest BCUT2D eigenvalue weighted by Gasteiger charge is 2.29. The van der Waals surface area contributed by atoms with Gasteiger partial charge in [-0.05, 0) is 72.6 Å². The number of fused-ring (bicyclic) bond motifs is 1. The number of phenolic OH excluding ortho intramolecular Hbond substituents is 1. The molecular weight excluding hydrogens is 512 g/mol. The number of H-pyrrole nitrogens is 1. The fourth-order valence-corrected chi connectivity index (χ4v) is 5.74. The second kappa shape index (κ2) is 11.2. The number of nitrogens with two attached hydrogens (primary N) is 1. The number of piperidine rings is 1. The Balaban J connectivity index is 1.40. The van der Waals surface area contributed by atoms with Crippen molar-refractivity contribution < 1.29 is 9.90 Å². The lowest BCUT2D eigenvalue weighted by atomic mass is 9.91. The molecular formula is C33H42N6O2. The quantitative estimate of drug-likeness (QED) is 0.248. The first-order chi connectivity index (χ1) is 19.5. The molecule has 2 aliphatic rings. The van der Waals surface area contributed by atoms with E-state index in [-0.39, 0.29) is 29.0 Å². The van der Waals surface area contributed by atoms with Crippen LogP contribution in [0.15, 0.2) is 54.0 Å². The lowest BCUT2D eigenvalue weighted by Crippen LogP contribution is -2.49. The Morgan fingerprint density at radius 2 is 1.78 bits per heavy atom. The summed E-state index contributed by atoms with van der Waals surface area (Å²) in [6.07, 6.45) is 3.60. The molecule has 1 saturated heterocycles. The van der Waals surface area contributed by atoms with Gasteiger partial charge < -0.3 is 20.6 Å². The van der Waals surface area contributed by atoms with Crippen LogP contribution in [0.2, 0.25) is 0 Å². The molecule has 41 heavy (non-hydrogen) atoms. The van der Waals surface area contributed by atoms with Crippen LogP contribution in [0.4, 0.5) is 5.82 Å². The maximum Gasteiger partial charge on any atom is 0.258 e. The van der Waals surface area contributed by atoms with Crippen molar-refractivity contribution in [2.24, 2.45) is 10.7 Å². The summed E-state index contributed by atoms with van der Waals surface area (Å²) in [6.45, 7) is 17.2. The topological polar surface area (TPSA) is 111 Å². The number of aliphatic imine (C=N–C) groups is 1. The maximum atomic E-state index is 13.4. The Hall–Kier alpha value is -3.91. The van der Waals surface area contributed by atoms with Gasteiger partial charge in [0.2, 0.25) is 0 Å². The highest BCUT2D eigenvalue weighted by Crippen LogP contribution is 2.37. The molecule has 0 unspecified atom stereocenters. The number of nitrogens with zero attached hydrogens (tertiary/aromatic N) is 4. The summed E-state index contributed by atoms with van der Waals surface area (Å²) >= 11 is 0. The molecule has 0 atom stereocenters. The van der Waals surface area contributed by atoms with Crippen LogP contribution in [-0.2, 0) is 13.1 Å². The number of likely N-dealkylation sites (tertiary alicyclic amines) is 1. The minimum absolute atomic E-state index is 0.0173. The van der Waals surface area contributed by atoms with Crippen LogP contribution in [0.5, 0.6) is 5.75 Å². The number of phenols is 1. The SMILES string of the molecule is C=CC(=Nc1n[nH]c(-c2ccc3c(c2)CN(C(=O)c2cc(C(C)C)ccc2O)C3)c1C(C)C)N1CCC(C)(N)CC1. The average Bonchev–Trinajstić information content (AvgIpc) is 3.55. The molecule has 8 nitrogen and oxygen atoms in total. The minimum atomic E-state index is -0.159. The summed E-state index contributed by atoms with van der Waals surface area (Å²) in [7, 11) is 0. The summed E-state index contributed by atoms with van der Waals surface area (Å²) in [5.74, 6) is 1.79. The Labute approximate surface area is 243 Å². The van der Waals surface area contributed by atoms with Crippen molar-refractivity contribution in [1.82, 2.24) is 20.0 Å². The molecule has 8 heteroatoms. The number of hydrogen-bond donors (Lipinski definition) is 3. The van der Waals surface area contributed by atoms with Crippen molar-refractivity contribution in [1.29, 1.82) is 0 Å². The molecule has 3 aromatic rings. The monoisotopic (exact) mass is 554 g/mol. The van der Waals surface area contributed by atoms with Crippen LogP contribution in [0.1, 0.15) is 91.9 Å². The van der Waals surface area contributed by atoms with E-state index in [4.69, 9.17) is 10.7 Å². The van der Waals surface area contributed by atoms with E-state index in [2.05, 4.69) is 74.5 Å². The van der Waals surface area contributed by atoms with Gasteiger partial charge in [0.15, 0.2) is 5.82 Å². The normalized spacial score (nSPS) is 16.9. The predicted octanol–water partition coefficient (Wildman–Crippen LogP) is 6.21. The van der Waals surface area contributed by atoms with Crippen LogP contribution in [0.25, 0.3) is 11.3 Å². The molecule has 0 aliphatic carbocycles. The van der Waals surface area contributed by atoms with E-state index in [1.807, 2.05) is 12.1 Å². The number of rotatable bonds is 6. The smallest absolute Gasteiger partial charge is 0.258 e. The van der Waals surface area contributed by atoms with Crippen molar-refractivity contribution in [3.05, 3.63) is 76.9 Å². The number of amides is 1.